The maximum absolute atomic E-state index is 4.78. The highest BCUT2D eigenvalue weighted by Gasteiger charge is 2.17. The van der Waals surface area contributed by atoms with Crippen LogP contribution in [0.2, 0.25) is 0 Å². The van der Waals surface area contributed by atoms with Crippen molar-refractivity contribution in [3.63, 3.8) is 0 Å². The van der Waals surface area contributed by atoms with Crippen LogP contribution in [0.15, 0.2) is 4.99 Å². The summed E-state index contributed by atoms with van der Waals surface area (Å²) in [6, 6.07) is 0. The van der Waals surface area contributed by atoms with E-state index in [1.54, 1.807) is 0 Å². The number of rotatable bonds is 8. The van der Waals surface area contributed by atoms with E-state index < -0.39 is 0 Å². The second-order valence-electron chi connectivity index (χ2n) is 7.69. The van der Waals surface area contributed by atoms with Crippen molar-refractivity contribution in [1.82, 2.24) is 30.2 Å². The molecule has 2 N–H and O–H groups in total. The number of halogens is 1. The van der Waals surface area contributed by atoms with Crippen LogP contribution in [0.25, 0.3) is 0 Å². The normalized spacial score (nSPS) is 17.3. The molecule has 2 heterocycles. The monoisotopic (exact) mass is 505 g/mol. The number of nitrogens with zero attached hydrogens (tertiary/aromatic N) is 5. The topological polar surface area (TPSA) is 60.7 Å². The van der Waals surface area contributed by atoms with E-state index in [0.29, 0.717) is 12.5 Å². The van der Waals surface area contributed by atoms with Crippen LogP contribution in [0, 0.1) is 19.8 Å². The lowest BCUT2D eigenvalue weighted by Crippen LogP contribution is -2.48. The second-order valence-corrected chi connectivity index (χ2v) is 7.69. The lowest BCUT2D eigenvalue weighted by atomic mass is 10.1. The Kier molecular flexibility index (Phi) is 11.4. The van der Waals surface area contributed by atoms with Crippen LogP contribution in [-0.2, 0) is 13.6 Å². The van der Waals surface area contributed by atoms with E-state index in [0.717, 1.165) is 31.3 Å². The zero-order valence-electron chi connectivity index (χ0n) is 18.6. The minimum Gasteiger partial charge on any atom is -0.357 e. The van der Waals surface area contributed by atoms with Crippen molar-refractivity contribution in [2.45, 2.75) is 41.2 Å². The number of hydrogen-bond acceptors (Lipinski definition) is 4. The Bertz CT molecular complexity index is 606. The molecule has 0 aliphatic carbocycles. The number of aromatic nitrogens is 2. The first-order chi connectivity index (χ1) is 12.9. The first-order valence-electron chi connectivity index (χ1n) is 10.4. The molecule has 8 heteroatoms. The highest BCUT2D eigenvalue weighted by Crippen LogP contribution is 2.12. The number of guanidine groups is 1. The average molecular weight is 505 g/mol. The van der Waals surface area contributed by atoms with Gasteiger partial charge in [0.05, 0.1) is 12.2 Å². The Morgan fingerprint density at radius 3 is 2.29 bits per heavy atom. The molecule has 2 rings (SSSR count). The molecule has 1 atom stereocenters. The Morgan fingerprint density at radius 2 is 1.75 bits per heavy atom. The third-order valence-electron chi connectivity index (χ3n) is 5.50. The Morgan fingerprint density at radius 1 is 1.11 bits per heavy atom. The Balaban J connectivity index is 0.00000392. The molecule has 7 nitrogen and oxygen atoms in total. The van der Waals surface area contributed by atoms with Gasteiger partial charge in [-0.25, -0.2) is 4.99 Å². The minimum atomic E-state index is 0. The van der Waals surface area contributed by atoms with E-state index in [1.165, 1.54) is 44.0 Å². The number of nitrogens with one attached hydrogen (secondary N) is 2. The Labute approximate surface area is 188 Å². The van der Waals surface area contributed by atoms with Gasteiger partial charge in [0, 0.05) is 64.1 Å². The number of piperazine rings is 1. The molecule has 0 radical (unpaired) electrons. The van der Waals surface area contributed by atoms with Gasteiger partial charge in [-0.15, -0.1) is 24.0 Å². The van der Waals surface area contributed by atoms with Crippen LogP contribution in [0.5, 0.6) is 0 Å². The van der Waals surface area contributed by atoms with Gasteiger partial charge in [-0.05, 0) is 33.2 Å². The molecular formula is C20H40IN7. The van der Waals surface area contributed by atoms with Crippen LogP contribution in [0.3, 0.4) is 0 Å². The number of hydrogen-bond donors (Lipinski definition) is 2. The molecule has 0 saturated carbocycles. The molecule has 1 aromatic heterocycles. The van der Waals surface area contributed by atoms with E-state index in [9.17, 15) is 0 Å². The summed E-state index contributed by atoms with van der Waals surface area (Å²) in [6.07, 6.45) is 0. The smallest absolute Gasteiger partial charge is 0.191 e. The molecular weight excluding hydrogens is 465 g/mol. The standard InChI is InChI=1S/C20H39N7.HI/c1-7-21-20(23-14-19-17(4)24-25(6)18(19)5)22-13-16(3)15-27-11-9-26(8-2)10-12-27;/h16H,7-15H2,1-6H3,(H2,21,22,23);1H. The van der Waals surface area contributed by atoms with Crippen LogP contribution < -0.4 is 10.6 Å². The van der Waals surface area contributed by atoms with Gasteiger partial charge >= 0.3 is 0 Å². The van der Waals surface area contributed by atoms with Crippen molar-refractivity contribution in [2.24, 2.45) is 18.0 Å². The zero-order chi connectivity index (χ0) is 19.8. The molecule has 28 heavy (non-hydrogen) atoms. The predicted octanol–water partition coefficient (Wildman–Crippen LogP) is 1.98. The van der Waals surface area contributed by atoms with Crippen molar-refractivity contribution in [2.75, 3.05) is 52.4 Å². The molecule has 1 aromatic rings. The van der Waals surface area contributed by atoms with Crippen LogP contribution >= 0.6 is 24.0 Å². The fourth-order valence-corrected chi connectivity index (χ4v) is 3.61. The molecule has 1 saturated heterocycles. The van der Waals surface area contributed by atoms with Crippen molar-refractivity contribution in [1.29, 1.82) is 0 Å². The third-order valence-corrected chi connectivity index (χ3v) is 5.50. The van der Waals surface area contributed by atoms with E-state index in [-0.39, 0.29) is 24.0 Å². The van der Waals surface area contributed by atoms with Gasteiger partial charge in [-0.1, -0.05) is 13.8 Å². The minimum absolute atomic E-state index is 0. The lowest BCUT2D eigenvalue weighted by molar-refractivity contribution is 0.124. The number of aryl methyl sites for hydroxylation is 2. The number of aliphatic imine (C=N–C) groups is 1. The van der Waals surface area contributed by atoms with Crippen molar-refractivity contribution >= 4 is 29.9 Å². The van der Waals surface area contributed by atoms with Crippen LogP contribution in [0.4, 0.5) is 0 Å². The molecule has 0 amide bonds. The molecule has 0 spiro atoms. The van der Waals surface area contributed by atoms with Crippen molar-refractivity contribution in [3.8, 4) is 0 Å². The summed E-state index contributed by atoms with van der Waals surface area (Å²) in [4.78, 5) is 9.89. The first-order valence-corrected chi connectivity index (χ1v) is 10.4. The van der Waals surface area contributed by atoms with Crippen LogP contribution in [-0.4, -0.2) is 77.9 Å². The van der Waals surface area contributed by atoms with Crippen molar-refractivity contribution < 1.29 is 0 Å². The van der Waals surface area contributed by atoms with E-state index in [2.05, 4.69) is 60.2 Å². The third kappa shape index (κ3) is 7.51. The second kappa shape index (κ2) is 12.6. The van der Waals surface area contributed by atoms with Crippen LogP contribution in [0.1, 0.15) is 37.7 Å². The maximum atomic E-state index is 4.78. The van der Waals surface area contributed by atoms with Gasteiger partial charge in [-0.2, -0.15) is 5.10 Å². The van der Waals surface area contributed by atoms with Gasteiger partial charge in [0.2, 0.25) is 0 Å². The van der Waals surface area contributed by atoms with Gasteiger partial charge in [0.1, 0.15) is 0 Å². The molecule has 1 fully saturated rings. The first kappa shape index (κ1) is 25.2. The van der Waals surface area contributed by atoms with E-state index >= 15 is 0 Å². The van der Waals surface area contributed by atoms with Gasteiger partial charge in [-0.3, -0.25) is 4.68 Å². The molecule has 162 valence electrons. The maximum Gasteiger partial charge on any atom is 0.191 e. The molecule has 1 unspecified atom stereocenters. The van der Waals surface area contributed by atoms with Gasteiger partial charge < -0.3 is 20.4 Å². The summed E-state index contributed by atoms with van der Waals surface area (Å²) in [5.41, 5.74) is 3.47. The molecule has 1 aliphatic rings. The Hall–Kier alpha value is -0.870. The summed E-state index contributed by atoms with van der Waals surface area (Å²) in [5.74, 6) is 1.48. The SMILES string of the molecule is CCNC(=NCc1c(C)nn(C)c1C)NCC(C)CN1CCN(CC)CC1.I. The number of likely N-dealkylation sites (N-methyl/N-ethyl adjacent to an activating group) is 1. The van der Waals surface area contributed by atoms with E-state index in [1.807, 2.05) is 11.7 Å². The highest BCUT2D eigenvalue weighted by atomic mass is 127. The van der Waals surface area contributed by atoms with Gasteiger partial charge in [0.25, 0.3) is 0 Å². The van der Waals surface area contributed by atoms with Crippen molar-refractivity contribution in [3.05, 3.63) is 17.0 Å². The summed E-state index contributed by atoms with van der Waals surface area (Å²) in [5, 5.41) is 11.4. The highest BCUT2D eigenvalue weighted by molar-refractivity contribution is 14.0. The van der Waals surface area contributed by atoms with Gasteiger partial charge in [0.15, 0.2) is 5.96 Å². The molecule has 1 aliphatic heterocycles. The largest absolute Gasteiger partial charge is 0.357 e. The molecule has 0 aromatic carbocycles. The summed E-state index contributed by atoms with van der Waals surface area (Å²) in [7, 11) is 1.99. The average Bonchev–Trinajstić information content (AvgIpc) is 2.90. The summed E-state index contributed by atoms with van der Waals surface area (Å²) in [6.45, 7) is 20.4. The lowest BCUT2D eigenvalue weighted by Gasteiger charge is -2.35. The summed E-state index contributed by atoms with van der Waals surface area (Å²) < 4.78 is 1.93. The predicted molar refractivity (Wildman–Crippen MR) is 129 cm³/mol. The fourth-order valence-electron chi connectivity index (χ4n) is 3.61. The zero-order valence-corrected chi connectivity index (χ0v) is 20.9. The fraction of sp³-hybridized carbons (Fsp3) is 0.800. The quantitative estimate of drug-likeness (QED) is 0.322. The molecule has 0 bridgehead atoms. The van der Waals surface area contributed by atoms with E-state index in [4.69, 9.17) is 4.99 Å². The summed E-state index contributed by atoms with van der Waals surface area (Å²) >= 11 is 0.